The first-order valence-electron chi connectivity index (χ1n) is 9.24. The van der Waals surface area contributed by atoms with Crippen LogP contribution in [0.2, 0.25) is 0 Å². The summed E-state index contributed by atoms with van der Waals surface area (Å²) in [6, 6.07) is 11.6. The lowest BCUT2D eigenvalue weighted by Gasteiger charge is -2.19. The number of pyridine rings is 1. The van der Waals surface area contributed by atoms with E-state index in [-0.39, 0.29) is 11.2 Å². The highest BCUT2D eigenvalue weighted by atomic mass is 19.1. The number of para-hydroxylation sites is 1. The van der Waals surface area contributed by atoms with Crippen molar-refractivity contribution in [2.45, 2.75) is 33.1 Å². The minimum absolute atomic E-state index is 0.219. The Bertz CT molecular complexity index is 1290. The highest BCUT2D eigenvalue weighted by Crippen LogP contribution is 2.40. The summed E-state index contributed by atoms with van der Waals surface area (Å²) in [4.78, 5) is 3.60. The zero-order chi connectivity index (χ0) is 20.2. The average molecular weight is 373 g/mol. The highest BCUT2D eigenvalue weighted by Gasteiger charge is 2.27. The maximum Gasteiger partial charge on any atom is 0.229 e. The van der Waals surface area contributed by atoms with Crippen LogP contribution < -0.4 is 4.57 Å². The molecule has 0 aliphatic heterocycles. The van der Waals surface area contributed by atoms with Gasteiger partial charge in [0.1, 0.15) is 18.2 Å². The number of benzene rings is 2. The van der Waals surface area contributed by atoms with Crippen molar-refractivity contribution in [2.24, 2.45) is 7.05 Å². The first kappa shape index (κ1) is 18.2. The van der Waals surface area contributed by atoms with Crippen LogP contribution in [0.25, 0.3) is 38.0 Å². The molecule has 0 unspecified atom stereocenters. The Balaban J connectivity index is 2.13. The number of rotatable bonds is 1. The number of aryl methyl sites for hydroxylation is 2. The molecule has 4 aromatic rings. The fourth-order valence-corrected chi connectivity index (χ4v) is 3.79. The molecule has 4 rings (SSSR count). The van der Waals surface area contributed by atoms with Crippen LogP contribution in [-0.4, -0.2) is 0 Å². The van der Waals surface area contributed by atoms with Gasteiger partial charge in [-0.05, 0) is 17.9 Å². The van der Waals surface area contributed by atoms with Crippen LogP contribution in [0.5, 0.6) is 0 Å². The summed E-state index contributed by atoms with van der Waals surface area (Å²) >= 11 is 0. The fraction of sp³-hybridized carbons (Fsp3) is 0.250. The van der Waals surface area contributed by atoms with Gasteiger partial charge in [-0.3, -0.25) is 0 Å². The number of nitrogens with zero attached hydrogens (tertiary/aromatic N) is 2. The van der Waals surface area contributed by atoms with Crippen LogP contribution in [0.4, 0.5) is 10.1 Å². The Kier molecular flexibility index (Phi) is 4.01. The third-order valence-electron chi connectivity index (χ3n) is 5.26. The second-order valence-corrected chi connectivity index (χ2v) is 8.28. The molecule has 28 heavy (non-hydrogen) atoms. The maximum absolute atomic E-state index is 14.6. The zero-order valence-corrected chi connectivity index (χ0v) is 16.7. The molecular formula is C24H22FN2O+. The van der Waals surface area contributed by atoms with Crippen molar-refractivity contribution < 1.29 is 13.4 Å². The lowest BCUT2D eigenvalue weighted by Crippen LogP contribution is -2.33. The lowest BCUT2D eigenvalue weighted by atomic mass is 9.86. The minimum Gasteiger partial charge on any atom is -0.466 e. The molecule has 0 atom stereocenters. The summed E-state index contributed by atoms with van der Waals surface area (Å²) in [7, 11) is 1.84. The molecular weight excluding hydrogens is 351 g/mol. The van der Waals surface area contributed by atoms with E-state index in [0.29, 0.717) is 16.8 Å². The molecule has 0 saturated carbocycles. The number of furan rings is 1. The summed E-state index contributed by atoms with van der Waals surface area (Å²) in [5.41, 5.74) is 5.02. The predicted octanol–water partition coefficient (Wildman–Crippen LogP) is 6.37. The van der Waals surface area contributed by atoms with Gasteiger partial charge in [-0.25, -0.2) is 9.24 Å². The van der Waals surface area contributed by atoms with E-state index in [1.165, 1.54) is 6.20 Å². The standard InChI is InChI=1S/C24H22FN2O/c1-14-10-11-16-15-8-7-9-19(26-5)22(15)28-23(16)21(14)20-12-17(24(2,3)4)18(25)13-27(20)6/h7-13H,1-4,6H3/q+1. The van der Waals surface area contributed by atoms with Gasteiger partial charge in [-0.2, -0.15) is 4.57 Å². The van der Waals surface area contributed by atoms with E-state index < -0.39 is 0 Å². The molecule has 0 aliphatic carbocycles. The molecule has 0 radical (unpaired) electrons. The van der Waals surface area contributed by atoms with Crippen molar-refractivity contribution in [2.75, 3.05) is 0 Å². The van der Waals surface area contributed by atoms with Crippen molar-refractivity contribution in [1.82, 2.24) is 0 Å². The summed E-state index contributed by atoms with van der Waals surface area (Å²) in [6.07, 6.45) is 1.53. The quantitative estimate of drug-likeness (QED) is 0.280. The average Bonchev–Trinajstić information content (AvgIpc) is 3.00. The first-order valence-corrected chi connectivity index (χ1v) is 9.24. The Labute approximate surface area is 163 Å². The van der Waals surface area contributed by atoms with E-state index >= 15 is 0 Å². The van der Waals surface area contributed by atoms with Gasteiger partial charge in [0.15, 0.2) is 5.82 Å². The molecule has 3 nitrogen and oxygen atoms in total. The van der Waals surface area contributed by atoms with Gasteiger partial charge < -0.3 is 4.42 Å². The summed E-state index contributed by atoms with van der Waals surface area (Å²) in [5, 5.41) is 1.88. The van der Waals surface area contributed by atoms with Crippen molar-refractivity contribution >= 4 is 27.6 Å². The molecule has 0 bridgehead atoms. The number of hydrogen-bond acceptors (Lipinski definition) is 1. The smallest absolute Gasteiger partial charge is 0.229 e. The molecule has 0 saturated heterocycles. The van der Waals surface area contributed by atoms with E-state index in [2.05, 4.69) is 10.9 Å². The monoisotopic (exact) mass is 373 g/mol. The second-order valence-electron chi connectivity index (χ2n) is 8.28. The fourth-order valence-electron chi connectivity index (χ4n) is 3.79. The van der Waals surface area contributed by atoms with Gasteiger partial charge in [-0.1, -0.05) is 51.1 Å². The Morgan fingerprint density at radius 1 is 1.07 bits per heavy atom. The van der Waals surface area contributed by atoms with Crippen molar-refractivity contribution in [3.63, 3.8) is 0 Å². The van der Waals surface area contributed by atoms with E-state index in [4.69, 9.17) is 11.0 Å². The Morgan fingerprint density at radius 2 is 1.79 bits per heavy atom. The topological polar surface area (TPSA) is 21.4 Å². The predicted molar refractivity (Wildman–Crippen MR) is 110 cm³/mol. The number of fused-ring (bicyclic) bond motifs is 3. The van der Waals surface area contributed by atoms with Crippen LogP contribution in [0.3, 0.4) is 0 Å². The maximum atomic E-state index is 14.6. The van der Waals surface area contributed by atoms with Crippen molar-refractivity contribution in [1.29, 1.82) is 0 Å². The zero-order valence-electron chi connectivity index (χ0n) is 16.7. The summed E-state index contributed by atoms with van der Waals surface area (Å²) < 4.78 is 22.7. The van der Waals surface area contributed by atoms with Crippen molar-refractivity contribution in [3.05, 3.63) is 71.0 Å². The molecule has 140 valence electrons. The highest BCUT2D eigenvalue weighted by molar-refractivity contribution is 6.12. The van der Waals surface area contributed by atoms with Gasteiger partial charge in [0.25, 0.3) is 0 Å². The van der Waals surface area contributed by atoms with Crippen molar-refractivity contribution in [3.8, 4) is 11.3 Å². The molecule has 0 amide bonds. The van der Waals surface area contributed by atoms with E-state index in [9.17, 15) is 4.39 Å². The largest absolute Gasteiger partial charge is 0.466 e. The van der Waals surface area contributed by atoms with E-state index in [1.54, 1.807) is 10.6 Å². The van der Waals surface area contributed by atoms with E-state index in [0.717, 1.165) is 33.2 Å². The third kappa shape index (κ3) is 2.66. The summed E-state index contributed by atoms with van der Waals surface area (Å²) in [6.45, 7) is 15.5. The lowest BCUT2D eigenvalue weighted by molar-refractivity contribution is -0.662. The molecule has 2 heterocycles. The molecule has 4 heteroatoms. The van der Waals surface area contributed by atoms with Gasteiger partial charge in [0.2, 0.25) is 17.6 Å². The minimum atomic E-state index is -0.319. The SMILES string of the molecule is [C-]#[N+]c1cccc2c1oc1c(-c3cc(C(C)(C)C)c(F)c[n+]3C)c(C)ccc12. The van der Waals surface area contributed by atoms with Gasteiger partial charge in [0.05, 0.1) is 12.1 Å². The summed E-state index contributed by atoms with van der Waals surface area (Å²) in [5.74, 6) is -0.219. The molecule has 0 N–H and O–H groups in total. The normalized spacial score (nSPS) is 11.9. The molecule has 0 spiro atoms. The number of hydrogen-bond donors (Lipinski definition) is 0. The van der Waals surface area contributed by atoms with Crippen LogP contribution in [0.15, 0.2) is 47.0 Å². The van der Waals surface area contributed by atoms with Gasteiger partial charge in [-0.15, -0.1) is 0 Å². The molecule has 0 aliphatic rings. The number of aromatic nitrogens is 1. The molecule has 2 aromatic carbocycles. The third-order valence-corrected chi connectivity index (χ3v) is 5.26. The Morgan fingerprint density at radius 3 is 2.46 bits per heavy atom. The van der Waals surface area contributed by atoms with Gasteiger partial charge >= 0.3 is 0 Å². The van der Waals surface area contributed by atoms with Crippen LogP contribution in [0, 0.1) is 19.3 Å². The van der Waals surface area contributed by atoms with Crippen LogP contribution in [-0.2, 0) is 12.5 Å². The van der Waals surface area contributed by atoms with Crippen LogP contribution >= 0.6 is 0 Å². The Hall–Kier alpha value is -3.19. The molecule has 2 aromatic heterocycles. The molecule has 0 fully saturated rings. The van der Waals surface area contributed by atoms with Gasteiger partial charge in [0, 0.05) is 22.4 Å². The first-order chi connectivity index (χ1) is 13.2. The second kappa shape index (κ2) is 6.17. The number of halogens is 1. The van der Waals surface area contributed by atoms with Crippen LogP contribution in [0.1, 0.15) is 31.9 Å². The van der Waals surface area contributed by atoms with E-state index in [1.807, 2.05) is 59.0 Å².